The summed E-state index contributed by atoms with van der Waals surface area (Å²) in [6.07, 6.45) is 5.44. The van der Waals surface area contributed by atoms with Gasteiger partial charge in [0.25, 0.3) is 0 Å². The van der Waals surface area contributed by atoms with Crippen molar-refractivity contribution in [3.05, 3.63) is 24.3 Å². The average molecular weight is 329 g/mol. The maximum Gasteiger partial charge on any atom is 0.211 e. The Morgan fingerprint density at radius 2 is 1.91 bits per heavy atom. The van der Waals surface area contributed by atoms with Crippen LogP contribution in [0, 0.1) is 0 Å². The number of H-pyrrole nitrogens is 1. The van der Waals surface area contributed by atoms with E-state index in [2.05, 4.69) is 31.1 Å². The number of aromatic nitrogens is 4. The molecular weight excluding hydrogens is 306 g/mol. The summed E-state index contributed by atoms with van der Waals surface area (Å²) in [5.74, 6) is 1.02. The van der Waals surface area contributed by atoms with E-state index in [0.717, 1.165) is 39.5 Å². The van der Waals surface area contributed by atoms with Crippen molar-refractivity contribution in [2.75, 3.05) is 25.4 Å². The molecular formula is C17H23N5S. The van der Waals surface area contributed by atoms with E-state index in [9.17, 15) is 0 Å². The molecule has 1 N–H and O–H groups in total. The van der Waals surface area contributed by atoms with Gasteiger partial charge in [0.1, 0.15) is 5.52 Å². The molecule has 6 heteroatoms. The number of likely N-dealkylation sites (tertiary alicyclic amines) is 1. The Bertz CT molecular complexity index is 798. The number of nitrogens with one attached hydrogen (secondary N) is 1. The largest absolute Gasteiger partial charge is 0.338 e. The molecule has 0 atom stereocenters. The minimum Gasteiger partial charge on any atom is -0.338 e. The van der Waals surface area contributed by atoms with Crippen molar-refractivity contribution >= 4 is 33.8 Å². The van der Waals surface area contributed by atoms with Gasteiger partial charge in [0.05, 0.1) is 0 Å². The van der Waals surface area contributed by atoms with Crippen molar-refractivity contribution in [3.63, 3.8) is 0 Å². The highest BCUT2D eigenvalue weighted by atomic mass is 32.2. The van der Waals surface area contributed by atoms with Crippen molar-refractivity contribution in [2.45, 2.75) is 30.8 Å². The number of nitrogens with zero attached hydrogens (tertiary/aromatic N) is 4. The molecule has 2 aromatic heterocycles. The topological polar surface area (TPSA) is 57.7 Å². The minimum absolute atomic E-state index is 0. The first-order valence-corrected chi connectivity index (χ1v) is 9.35. The van der Waals surface area contributed by atoms with E-state index in [-0.39, 0.29) is 1.43 Å². The van der Waals surface area contributed by atoms with Crippen molar-refractivity contribution in [2.24, 2.45) is 0 Å². The lowest BCUT2D eigenvalue weighted by molar-refractivity contribution is 0.303. The van der Waals surface area contributed by atoms with Crippen LogP contribution in [0.15, 0.2) is 29.4 Å². The lowest BCUT2D eigenvalue weighted by atomic mass is 10.2. The predicted molar refractivity (Wildman–Crippen MR) is 96.9 cm³/mol. The maximum atomic E-state index is 4.63. The SMILES string of the molecule is [HH].c1ccc2c(c1)[nH]c1nc(SCCN3CCCCCC3)nnc12. The molecule has 3 heterocycles. The fraction of sp³-hybridized carbons (Fsp3) is 0.471. The highest BCUT2D eigenvalue weighted by Gasteiger charge is 2.11. The van der Waals surface area contributed by atoms with Gasteiger partial charge in [-0.2, -0.15) is 0 Å². The molecule has 0 saturated carbocycles. The summed E-state index contributed by atoms with van der Waals surface area (Å²) in [7, 11) is 0. The van der Waals surface area contributed by atoms with Crippen molar-refractivity contribution < 1.29 is 1.43 Å². The molecule has 4 rings (SSSR count). The summed E-state index contributed by atoms with van der Waals surface area (Å²) in [5.41, 5.74) is 2.76. The molecule has 0 spiro atoms. The quantitative estimate of drug-likeness (QED) is 0.739. The molecule has 122 valence electrons. The zero-order valence-corrected chi connectivity index (χ0v) is 14.0. The van der Waals surface area contributed by atoms with Crippen molar-refractivity contribution in [3.8, 4) is 0 Å². The monoisotopic (exact) mass is 329 g/mol. The van der Waals surface area contributed by atoms with Gasteiger partial charge in [-0.15, -0.1) is 10.2 Å². The molecule has 0 aliphatic carbocycles. The number of fused-ring (bicyclic) bond motifs is 3. The van der Waals surface area contributed by atoms with Gasteiger partial charge < -0.3 is 9.88 Å². The molecule has 1 fully saturated rings. The molecule has 0 bridgehead atoms. The van der Waals surface area contributed by atoms with E-state index >= 15 is 0 Å². The number of para-hydroxylation sites is 1. The third-order valence-corrected chi connectivity index (χ3v) is 5.26. The van der Waals surface area contributed by atoms with Gasteiger partial charge in [-0.3, -0.25) is 0 Å². The van der Waals surface area contributed by atoms with Crippen LogP contribution in [0.5, 0.6) is 0 Å². The zero-order valence-electron chi connectivity index (χ0n) is 13.2. The summed E-state index contributed by atoms with van der Waals surface area (Å²) in [6.45, 7) is 3.58. The van der Waals surface area contributed by atoms with E-state index in [4.69, 9.17) is 0 Å². The van der Waals surface area contributed by atoms with Gasteiger partial charge in [0, 0.05) is 24.6 Å². The second-order valence-electron chi connectivity index (χ2n) is 6.07. The Kier molecular flexibility index (Phi) is 4.43. The Hall–Kier alpha value is -1.66. The van der Waals surface area contributed by atoms with Gasteiger partial charge >= 0.3 is 0 Å². The van der Waals surface area contributed by atoms with Crippen LogP contribution in [-0.4, -0.2) is 50.5 Å². The Labute approximate surface area is 141 Å². The molecule has 1 aromatic carbocycles. The van der Waals surface area contributed by atoms with Crippen LogP contribution in [0.25, 0.3) is 22.1 Å². The Morgan fingerprint density at radius 1 is 1.09 bits per heavy atom. The molecule has 3 aromatic rings. The van der Waals surface area contributed by atoms with Crippen LogP contribution in [-0.2, 0) is 0 Å². The number of thioether (sulfide) groups is 1. The first-order chi connectivity index (χ1) is 11.4. The number of aromatic amines is 1. The lowest BCUT2D eigenvalue weighted by Crippen LogP contribution is -2.27. The molecule has 1 aliphatic rings. The fourth-order valence-electron chi connectivity index (χ4n) is 3.19. The molecule has 0 amide bonds. The summed E-state index contributed by atoms with van der Waals surface area (Å²) >= 11 is 1.70. The van der Waals surface area contributed by atoms with Crippen molar-refractivity contribution in [1.82, 2.24) is 25.1 Å². The zero-order chi connectivity index (χ0) is 15.5. The molecule has 1 aliphatic heterocycles. The minimum atomic E-state index is 0. The molecule has 0 radical (unpaired) electrons. The first kappa shape index (κ1) is 14.9. The number of hydrogen-bond donors (Lipinski definition) is 1. The van der Waals surface area contributed by atoms with E-state index in [1.807, 2.05) is 18.2 Å². The van der Waals surface area contributed by atoms with Gasteiger partial charge in [0.15, 0.2) is 5.65 Å². The van der Waals surface area contributed by atoms with E-state index in [0.29, 0.717) is 0 Å². The maximum absolute atomic E-state index is 4.63. The third-order valence-electron chi connectivity index (χ3n) is 4.44. The predicted octanol–water partition coefficient (Wildman–Crippen LogP) is 3.72. The van der Waals surface area contributed by atoms with Crippen LogP contribution < -0.4 is 0 Å². The summed E-state index contributed by atoms with van der Waals surface area (Å²) < 4.78 is 0. The molecule has 23 heavy (non-hydrogen) atoms. The van der Waals surface area contributed by atoms with Crippen molar-refractivity contribution in [1.29, 1.82) is 0 Å². The van der Waals surface area contributed by atoms with Gasteiger partial charge in [0.2, 0.25) is 5.16 Å². The summed E-state index contributed by atoms with van der Waals surface area (Å²) in [5, 5.41) is 10.5. The molecule has 1 saturated heterocycles. The number of hydrogen-bond acceptors (Lipinski definition) is 5. The number of benzene rings is 1. The Morgan fingerprint density at radius 3 is 2.78 bits per heavy atom. The van der Waals surface area contributed by atoms with Gasteiger partial charge in [-0.1, -0.05) is 42.8 Å². The van der Waals surface area contributed by atoms with E-state index < -0.39 is 0 Å². The smallest absolute Gasteiger partial charge is 0.211 e. The van der Waals surface area contributed by atoms with Gasteiger partial charge in [-0.25, -0.2) is 4.98 Å². The Balaban J connectivity index is 0.00000169. The molecule has 0 unspecified atom stereocenters. The van der Waals surface area contributed by atoms with Crippen LogP contribution in [0.3, 0.4) is 0 Å². The summed E-state index contributed by atoms with van der Waals surface area (Å²) in [6, 6.07) is 8.13. The normalized spacial score (nSPS) is 16.9. The van der Waals surface area contributed by atoms with Gasteiger partial charge in [-0.05, 0) is 32.0 Å². The average Bonchev–Trinajstić information content (AvgIpc) is 2.75. The number of rotatable bonds is 4. The third kappa shape index (κ3) is 3.33. The lowest BCUT2D eigenvalue weighted by Gasteiger charge is -2.18. The van der Waals surface area contributed by atoms with E-state index in [1.54, 1.807) is 11.8 Å². The first-order valence-electron chi connectivity index (χ1n) is 8.36. The summed E-state index contributed by atoms with van der Waals surface area (Å²) in [4.78, 5) is 10.5. The van der Waals surface area contributed by atoms with Crippen LogP contribution in [0.2, 0.25) is 0 Å². The van der Waals surface area contributed by atoms with Crippen LogP contribution in [0.1, 0.15) is 27.1 Å². The fourth-order valence-corrected chi connectivity index (χ4v) is 3.98. The second-order valence-corrected chi connectivity index (χ2v) is 7.13. The second kappa shape index (κ2) is 6.84. The van der Waals surface area contributed by atoms with E-state index in [1.165, 1.54) is 38.8 Å². The van der Waals surface area contributed by atoms with Crippen LogP contribution in [0.4, 0.5) is 0 Å². The highest BCUT2D eigenvalue weighted by Crippen LogP contribution is 2.23. The standard InChI is InChI=1S/C17H21N5S.H2/c1-2-6-10-22(9-5-1)11-12-23-17-19-16-15(20-21-17)13-7-3-4-8-14(13)18-16;/h3-4,7-8H,1-2,5-6,9-12H2,(H,18,19,21);1H. The van der Waals surface area contributed by atoms with Crippen LogP contribution >= 0.6 is 11.8 Å². The highest BCUT2D eigenvalue weighted by molar-refractivity contribution is 7.99. The molecule has 5 nitrogen and oxygen atoms in total.